The van der Waals surface area contributed by atoms with Crippen molar-refractivity contribution in [2.24, 2.45) is 4.99 Å². The molecule has 2 aromatic rings. The Balaban J connectivity index is 1.67. The third kappa shape index (κ3) is 5.23. The summed E-state index contributed by atoms with van der Waals surface area (Å²) in [7, 11) is 1.63. The summed E-state index contributed by atoms with van der Waals surface area (Å²) in [6.45, 7) is 6.31. The van der Waals surface area contributed by atoms with Crippen LogP contribution in [0.4, 0.5) is 0 Å². The van der Waals surface area contributed by atoms with Gasteiger partial charge in [0.2, 0.25) is 5.88 Å². The number of guanidine groups is 1. The maximum Gasteiger partial charge on any atom is 0.218 e. The monoisotopic (exact) mass is 371 g/mol. The van der Waals surface area contributed by atoms with Crippen molar-refractivity contribution in [2.75, 3.05) is 33.3 Å². The topological polar surface area (TPSA) is 74.9 Å². The molecule has 2 aromatic heterocycles. The average Bonchev–Trinajstić information content (AvgIpc) is 3.41. The number of hydrogen-bond donors (Lipinski definition) is 2. The minimum Gasteiger partial charge on any atom is -0.481 e. The van der Waals surface area contributed by atoms with Crippen molar-refractivity contribution in [3.63, 3.8) is 0 Å². The van der Waals surface area contributed by atoms with Gasteiger partial charge < -0.3 is 19.8 Å². The first-order valence-corrected chi connectivity index (χ1v) is 9.59. The van der Waals surface area contributed by atoms with E-state index in [0.717, 1.165) is 43.5 Å². The third-order valence-electron chi connectivity index (χ3n) is 4.71. The zero-order valence-electron chi connectivity index (χ0n) is 16.1. The summed E-state index contributed by atoms with van der Waals surface area (Å²) in [6.07, 6.45) is 5.95. The first-order valence-electron chi connectivity index (χ1n) is 9.59. The Morgan fingerprint density at radius 2 is 2.15 bits per heavy atom. The van der Waals surface area contributed by atoms with Crippen LogP contribution in [0, 0.1) is 0 Å². The van der Waals surface area contributed by atoms with Crippen LogP contribution in [0.5, 0.6) is 5.88 Å². The molecule has 7 heteroatoms. The van der Waals surface area contributed by atoms with Crippen molar-refractivity contribution in [3.8, 4) is 5.88 Å². The van der Waals surface area contributed by atoms with Gasteiger partial charge >= 0.3 is 0 Å². The molecule has 1 aliphatic heterocycles. The maximum atomic E-state index is 5.69. The largest absolute Gasteiger partial charge is 0.481 e. The molecular formula is C20H29N5O2. The standard InChI is InChI=1S/C20H29N5O2/c1-3-21-20(23-14-16-8-6-10-22-19(16)26-2)24-15-17(18-9-7-13-27-18)25-11-4-5-12-25/h6-10,13,17H,3-5,11-12,14-15H2,1-2H3,(H2,21,23,24). The molecule has 1 saturated heterocycles. The first kappa shape index (κ1) is 19.2. The van der Waals surface area contributed by atoms with Gasteiger partial charge in [-0.25, -0.2) is 9.98 Å². The number of furan rings is 1. The molecule has 146 valence electrons. The third-order valence-corrected chi connectivity index (χ3v) is 4.71. The lowest BCUT2D eigenvalue weighted by Crippen LogP contribution is -2.42. The van der Waals surface area contributed by atoms with Crippen molar-refractivity contribution in [1.29, 1.82) is 0 Å². The molecule has 3 rings (SSSR count). The Bertz CT molecular complexity index is 711. The number of nitrogens with one attached hydrogen (secondary N) is 2. The summed E-state index contributed by atoms with van der Waals surface area (Å²) >= 11 is 0. The van der Waals surface area contributed by atoms with Crippen molar-refractivity contribution >= 4 is 5.96 Å². The maximum absolute atomic E-state index is 5.69. The second-order valence-corrected chi connectivity index (χ2v) is 6.52. The molecule has 3 heterocycles. The quantitative estimate of drug-likeness (QED) is 0.549. The Morgan fingerprint density at radius 3 is 2.85 bits per heavy atom. The molecule has 0 aromatic carbocycles. The van der Waals surface area contributed by atoms with Crippen LogP contribution in [0.1, 0.15) is 37.1 Å². The van der Waals surface area contributed by atoms with Crippen molar-refractivity contribution < 1.29 is 9.15 Å². The highest BCUT2D eigenvalue weighted by atomic mass is 16.5. The van der Waals surface area contributed by atoms with Gasteiger partial charge in [-0.15, -0.1) is 0 Å². The van der Waals surface area contributed by atoms with E-state index in [-0.39, 0.29) is 6.04 Å². The number of pyridine rings is 1. The number of nitrogens with zero attached hydrogens (tertiary/aromatic N) is 3. The number of hydrogen-bond acceptors (Lipinski definition) is 5. The summed E-state index contributed by atoms with van der Waals surface area (Å²) in [6, 6.07) is 8.09. The molecule has 1 unspecified atom stereocenters. The fraction of sp³-hybridized carbons (Fsp3) is 0.500. The number of aromatic nitrogens is 1. The van der Waals surface area contributed by atoms with E-state index in [1.807, 2.05) is 18.2 Å². The van der Waals surface area contributed by atoms with Gasteiger partial charge in [0, 0.05) is 24.8 Å². The smallest absolute Gasteiger partial charge is 0.218 e. The highest BCUT2D eigenvalue weighted by Crippen LogP contribution is 2.24. The minimum absolute atomic E-state index is 0.208. The lowest BCUT2D eigenvalue weighted by Gasteiger charge is -2.26. The normalized spacial score (nSPS) is 16.3. The van der Waals surface area contributed by atoms with Crippen molar-refractivity contribution in [2.45, 2.75) is 32.4 Å². The Hall–Kier alpha value is -2.54. The zero-order chi connectivity index (χ0) is 18.9. The molecule has 0 spiro atoms. The van der Waals surface area contributed by atoms with E-state index in [9.17, 15) is 0 Å². The van der Waals surface area contributed by atoms with E-state index in [0.29, 0.717) is 12.4 Å². The van der Waals surface area contributed by atoms with Crippen LogP contribution in [0.2, 0.25) is 0 Å². The second-order valence-electron chi connectivity index (χ2n) is 6.52. The van der Waals surface area contributed by atoms with E-state index in [2.05, 4.69) is 33.5 Å². The molecule has 2 N–H and O–H groups in total. The Kier molecular flexibility index (Phi) is 7.10. The summed E-state index contributed by atoms with van der Waals surface area (Å²) in [5.74, 6) is 2.39. The van der Waals surface area contributed by atoms with Crippen LogP contribution in [0.3, 0.4) is 0 Å². The van der Waals surface area contributed by atoms with E-state index in [1.165, 1.54) is 12.8 Å². The van der Waals surface area contributed by atoms with Crippen LogP contribution >= 0.6 is 0 Å². The number of methoxy groups -OCH3 is 1. The molecule has 27 heavy (non-hydrogen) atoms. The number of aliphatic imine (C=N–C) groups is 1. The lowest BCUT2D eigenvalue weighted by atomic mass is 10.2. The molecule has 1 fully saturated rings. The molecular weight excluding hydrogens is 342 g/mol. The summed E-state index contributed by atoms with van der Waals surface area (Å²) in [5.41, 5.74) is 0.958. The SMILES string of the molecule is CCNC(=NCc1cccnc1OC)NCC(c1ccco1)N1CCCC1. The van der Waals surface area contributed by atoms with Crippen LogP contribution in [-0.2, 0) is 6.54 Å². The fourth-order valence-electron chi connectivity index (χ4n) is 3.37. The van der Waals surface area contributed by atoms with E-state index < -0.39 is 0 Å². The van der Waals surface area contributed by atoms with Gasteiger partial charge in [-0.1, -0.05) is 6.07 Å². The summed E-state index contributed by atoms with van der Waals surface area (Å²) in [4.78, 5) is 11.4. The molecule has 7 nitrogen and oxygen atoms in total. The van der Waals surface area contributed by atoms with E-state index in [4.69, 9.17) is 14.1 Å². The minimum atomic E-state index is 0.208. The van der Waals surface area contributed by atoms with E-state index >= 15 is 0 Å². The molecule has 0 saturated carbocycles. The van der Waals surface area contributed by atoms with Crippen LogP contribution < -0.4 is 15.4 Å². The van der Waals surface area contributed by atoms with Gasteiger partial charge in [0.15, 0.2) is 5.96 Å². The van der Waals surface area contributed by atoms with Crippen LogP contribution in [-0.4, -0.2) is 49.1 Å². The van der Waals surface area contributed by atoms with Crippen LogP contribution in [0.25, 0.3) is 0 Å². The average molecular weight is 371 g/mol. The van der Waals surface area contributed by atoms with Crippen molar-refractivity contribution in [1.82, 2.24) is 20.5 Å². The number of rotatable bonds is 8. The van der Waals surface area contributed by atoms with E-state index in [1.54, 1.807) is 19.6 Å². The molecule has 0 bridgehead atoms. The fourth-order valence-corrected chi connectivity index (χ4v) is 3.37. The van der Waals surface area contributed by atoms with Crippen LogP contribution in [0.15, 0.2) is 46.1 Å². The van der Waals surface area contributed by atoms with Crippen molar-refractivity contribution in [3.05, 3.63) is 48.0 Å². The molecule has 1 atom stereocenters. The Morgan fingerprint density at radius 1 is 1.30 bits per heavy atom. The molecule has 0 amide bonds. The van der Waals surface area contributed by atoms with Gasteiger partial charge in [-0.2, -0.15) is 0 Å². The number of likely N-dealkylation sites (tertiary alicyclic amines) is 1. The van der Waals surface area contributed by atoms with Gasteiger partial charge in [0.1, 0.15) is 5.76 Å². The Labute approximate surface area is 160 Å². The predicted molar refractivity (Wildman–Crippen MR) is 106 cm³/mol. The molecule has 1 aliphatic rings. The van der Waals surface area contributed by atoms with Gasteiger partial charge in [0.25, 0.3) is 0 Å². The lowest BCUT2D eigenvalue weighted by molar-refractivity contribution is 0.215. The van der Waals surface area contributed by atoms with Gasteiger partial charge in [-0.3, -0.25) is 4.90 Å². The summed E-state index contributed by atoms with van der Waals surface area (Å²) in [5, 5.41) is 6.78. The highest BCUT2D eigenvalue weighted by Gasteiger charge is 2.25. The summed E-state index contributed by atoms with van der Waals surface area (Å²) < 4.78 is 11.0. The first-order chi connectivity index (χ1) is 13.3. The molecule has 0 aliphatic carbocycles. The predicted octanol–water partition coefficient (Wildman–Crippen LogP) is 2.58. The molecule has 0 radical (unpaired) electrons. The van der Waals surface area contributed by atoms with Gasteiger partial charge in [0.05, 0.1) is 26.0 Å². The zero-order valence-corrected chi connectivity index (χ0v) is 16.1. The van der Waals surface area contributed by atoms with Gasteiger partial charge in [-0.05, 0) is 51.1 Å². The number of ether oxygens (including phenoxy) is 1. The second kappa shape index (κ2) is 9.97. The highest BCUT2D eigenvalue weighted by molar-refractivity contribution is 5.79.